The van der Waals surface area contributed by atoms with Crippen molar-refractivity contribution >= 4 is 11.8 Å². The average Bonchev–Trinajstić information content (AvgIpc) is 2.73. The van der Waals surface area contributed by atoms with E-state index in [9.17, 15) is 9.59 Å². The minimum Gasteiger partial charge on any atom is -0.483 e. The fourth-order valence-corrected chi connectivity index (χ4v) is 3.21. The van der Waals surface area contributed by atoms with Crippen LogP contribution < -0.4 is 10.1 Å². The zero-order chi connectivity index (χ0) is 22.1. The molecule has 0 unspecified atom stereocenters. The van der Waals surface area contributed by atoms with Gasteiger partial charge in [-0.15, -0.1) is 0 Å². The van der Waals surface area contributed by atoms with Crippen molar-refractivity contribution in [1.29, 1.82) is 0 Å². The van der Waals surface area contributed by atoms with Crippen LogP contribution in [-0.4, -0.2) is 35.9 Å². The van der Waals surface area contributed by atoms with Crippen molar-refractivity contribution in [1.82, 2.24) is 10.2 Å². The molecule has 1 atom stereocenters. The number of rotatable bonds is 10. The standard InChI is InChI=1S/C25H34N2O3/c1-6-22(25(29)26-15-18(2)3)27(16-21-10-8-7-9-11-21)24(28)17-30-23-14-19(4)12-13-20(23)5/h7-14,18,22H,6,15-17H2,1-5H3,(H,26,29)/t22-/m0/s1. The van der Waals surface area contributed by atoms with E-state index in [1.807, 2.05) is 83.1 Å². The molecule has 0 bridgehead atoms. The monoisotopic (exact) mass is 410 g/mol. The van der Waals surface area contributed by atoms with Crippen molar-refractivity contribution in [3.63, 3.8) is 0 Å². The first kappa shape index (κ1) is 23.5. The van der Waals surface area contributed by atoms with Crippen LogP contribution in [0.15, 0.2) is 48.5 Å². The molecule has 1 N–H and O–H groups in total. The lowest BCUT2D eigenvalue weighted by molar-refractivity contribution is -0.143. The number of nitrogens with zero attached hydrogens (tertiary/aromatic N) is 1. The van der Waals surface area contributed by atoms with E-state index in [2.05, 4.69) is 5.32 Å². The van der Waals surface area contributed by atoms with E-state index < -0.39 is 6.04 Å². The first-order valence-corrected chi connectivity index (χ1v) is 10.6. The molecule has 0 heterocycles. The lowest BCUT2D eigenvalue weighted by Crippen LogP contribution is -2.50. The summed E-state index contributed by atoms with van der Waals surface area (Å²) in [5, 5.41) is 2.97. The minimum absolute atomic E-state index is 0.106. The number of amides is 2. The number of aryl methyl sites for hydroxylation is 2. The van der Waals surface area contributed by atoms with Gasteiger partial charge in [0.1, 0.15) is 11.8 Å². The topological polar surface area (TPSA) is 58.6 Å². The summed E-state index contributed by atoms with van der Waals surface area (Å²) in [6, 6.07) is 15.1. The van der Waals surface area contributed by atoms with Crippen LogP contribution in [0.2, 0.25) is 0 Å². The maximum atomic E-state index is 13.2. The van der Waals surface area contributed by atoms with E-state index in [4.69, 9.17) is 4.74 Å². The molecule has 5 heteroatoms. The van der Waals surface area contributed by atoms with Crippen molar-refractivity contribution in [2.75, 3.05) is 13.2 Å². The van der Waals surface area contributed by atoms with E-state index in [0.29, 0.717) is 31.2 Å². The Balaban J connectivity index is 2.19. The van der Waals surface area contributed by atoms with E-state index in [1.165, 1.54) is 0 Å². The molecule has 30 heavy (non-hydrogen) atoms. The SMILES string of the molecule is CC[C@@H](C(=O)NCC(C)C)N(Cc1ccccc1)C(=O)COc1cc(C)ccc1C. The third-order valence-corrected chi connectivity index (χ3v) is 4.96. The molecule has 0 aliphatic rings. The molecule has 0 aliphatic heterocycles. The highest BCUT2D eigenvalue weighted by Crippen LogP contribution is 2.20. The number of nitrogens with one attached hydrogen (secondary N) is 1. The lowest BCUT2D eigenvalue weighted by atomic mass is 10.1. The second kappa shape index (κ2) is 11.4. The highest BCUT2D eigenvalue weighted by atomic mass is 16.5. The van der Waals surface area contributed by atoms with Gasteiger partial charge >= 0.3 is 0 Å². The van der Waals surface area contributed by atoms with Crippen LogP contribution in [0.4, 0.5) is 0 Å². The number of carbonyl (C=O) groups excluding carboxylic acids is 2. The Bertz CT molecular complexity index is 834. The van der Waals surface area contributed by atoms with Gasteiger partial charge in [-0.1, -0.05) is 63.2 Å². The summed E-state index contributed by atoms with van der Waals surface area (Å²) >= 11 is 0. The molecule has 2 rings (SSSR count). The molecule has 2 amide bonds. The van der Waals surface area contributed by atoms with Gasteiger partial charge < -0.3 is 15.0 Å². The van der Waals surface area contributed by atoms with Gasteiger partial charge in [0.25, 0.3) is 5.91 Å². The maximum absolute atomic E-state index is 13.2. The van der Waals surface area contributed by atoms with Crippen LogP contribution in [0.1, 0.15) is 43.9 Å². The molecule has 0 fully saturated rings. The van der Waals surface area contributed by atoms with Gasteiger partial charge in [0.05, 0.1) is 0 Å². The summed E-state index contributed by atoms with van der Waals surface area (Å²) in [4.78, 5) is 27.7. The first-order chi connectivity index (χ1) is 14.3. The molecular formula is C25H34N2O3. The zero-order valence-electron chi connectivity index (χ0n) is 18.8. The fourth-order valence-electron chi connectivity index (χ4n) is 3.21. The van der Waals surface area contributed by atoms with E-state index in [1.54, 1.807) is 4.90 Å². The summed E-state index contributed by atoms with van der Waals surface area (Å²) in [7, 11) is 0. The normalized spacial score (nSPS) is 11.8. The average molecular weight is 411 g/mol. The summed E-state index contributed by atoms with van der Waals surface area (Å²) in [5.74, 6) is 0.714. The highest BCUT2D eigenvalue weighted by Gasteiger charge is 2.29. The second-order valence-electron chi connectivity index (χ2n) is 8.13. The van der Waals surface area contributed by atoms with Crippen LogP contribution in [0.25, 0.3) is 0 Å². The molecular weight excluding hydrogens is 376 g/mol. The van der Waals surface area contributed by atoms with Crippen molar-refractivity contribution < 1.29 is 14.3 Å². The summed E-state index contributed by atoms with van der Waals surface area (Å²) < 4.78 is 5.85. The van der Waals surface area contributed by atoms with Gasteiger partial charge in [-0.3, -0.25) is 9.59 Å². The molecule has 0 aromatic heterocycles. The maximum Gasteiger partial charge on any atom is 0.261 e. The third-order valence-electron chi connectivity index (χ3n) is 4.96. The molecule has 162 valence electrons. The summed E-state index contributed by atoms with van der Waals surface area (Å²) in [6.45, 7) is 10.8. The zero-order valence-corrected chi connectivity index (χ0v) is 18.8. The van der Waals surface area contributed by atoms with Gasteiger partial charge in [0.2, 0.25) is 5.91 Å². The van der Waals surface area contributed by atoms with Crippen LogP contribution >= 0.6 is 0 Å². The Morgan fingerprint density at radius 3 is 2.40 bits per heavy atom. The number of benzene rings is 2. The molecule has 2 aromatic carbocycles. The second-order valence-corrected chi connectivity index (χ2v) is 8.13. The molecule has 0 saturated carbocycles. The lowest BCUT2D eigenvalue weighted by Gasteiger charge is -2.31. The Morgan fingerprint density at radius 1 is 1.07 bits per heavy atom. The molecule has 5 nitrogen and oxygen atoms in total. The highest BCUT2D eigenvalue weighted by molar-refractivity contribution is 5.88. The minimum atomic E-state index is -0.543. The largest absolute Gasteiger partial charge is 0.483 e. The van der Waals surface area contributed by atoms with Crippen molar-refractivity contribution in [2.24, 2.45) is 5.92 Å². The van der Waals surface area contributed by atoms with Crippen LogP contribution in [0.5, 0.6) is 5.75 Å². The van der Waals surface area contributed by atoms with E-state index in [-0.39, 0.29) is 18.4 Å². The molecule has 0 aliphatic carbocycles. The van der Waals surface area contributed by atoms with E-state index >= 15 is 0 Å². The quantitative estimate of drug-likeness (QED) is 0.637. The Morgan fingerprint density at radius 2 is 1.77 bits per heavy atom. The van der Waals surface area contributed by atoms with Gasteiger partial charge in [0, 0.05) is 13.1 Å². The van der Waals surface area contributed by atoms with Gasteiger partial charge in [0.15, 0.2) is 6.61 Å². The van der Waals surface area contributed by atoms with Crippen molar-refractivity contribution in [2.45, 2.75) is 53.6 Å². The first-order valence-electron chi connectivity index (χ1n) is 10.6. The van der Waals surface area contributed by atoms with Crippen LogP contribution in [0.3, 0.4) is 0 Å². The van der Waals surface area contributed by atoms with Gasteiger partial charge in [-0.25, -0.2) is 0 Å². The molecule has 2 aromatic rings. The number of hydrogen-bond donors (Lipinski definition) is 1. The number of ether oxygens (including phenoxy) is 1. The Hall–Kier alpha value is -2.82. The fraction of sp³-hybridized carbons (Fsp3) is 0.440. The van der Waals surface area contributed by atoms with Crippen LogP contribution in [-0.2, 0) is 16.1 Å². The summed E-state index contributed by atoms with van der Waals surface area (Å²) in [5.41, 5.74) is 3.03. The Kier molecular flexibility index (Phi) is 8.90. The van der Waals surface area contributed by atoms with Gasteiger partial charge in [-0.2, -0.15) is 0 Å². The number of hydrogen-bond acceptors (Lipinski definition) is 3. The van der Waals surface area contributed by atoms with Gasteiger partial charge in [-0.05, 0) is 48.9 Å². The van der Waals surface area contributed by atoms with Crippen LogP contribution in [0, 0.1) is 19.8 Å². The third kappa shape index (κ3) is 6.90. The smallest absolute Gasteiger partial charge is 0.261 e. The van der Waals surface area contributed by atoms with E-state index in [0.717, 1.165) is 16.7 Å². The predicted molar refractivity (Wildman–Crippen MR) is 120 cm³/mol. The molecule has 0 radical (unpaired) electrons. The number of carbonyl (C=O) groups is 2. The van der Waals surface area contributed by atoms with Crippen molar-refractivity contribution in [3.8, 4) is 5.75 Å². The summed E-state index contributed by atoms with van der Waals surface area (Å²) in [6.07, 6.45) is 0.534. The van der Waals surface area contributed by atoms with Crippen molar-refractivity contribution in [3.05, 3.63) is 65.2 Å². The predicted octanol–water partition coefficient (Wildman–Crippen LogP) is 4.26. The molecule has 0 saturated heterocycles. The Labute approximate surface area is 180 Å². The molecule has 0 spiro atoms.